The standard InChI is InChI=1S/C8H16IN/c1-10-6-4-8(7-10)3-2-5-9/h8H,2-7H2,1H3. The Morgan fingerprint density at radius 2 is 2.40 bits per heavy atom. The molecule has 0 amide bonds. The molecule has 0 bridgehead atoms. The number of rotatable bonds is 3. The molecule has 0 aliphatic carbocycles. The molecule has 1 rings (SSSR count). The van der Waals surface area contributed by atoms with Gasteiger partial charge in [0.05, 0.1) is 0 Å². The SMILES string of the molecule is CN1CCC(CCCI)C1. The quantitative estimate of drug-likeness (QED) is 0.550. The lowest BCUT2D eigenvalue weighted by Crippen LogP contribution is -2.13. The van der Waals surface area contributed by atoms with Crippen LogP contribution < -0.4 is 0 Å². The number of nitrogens with zero attached hydrogens (tertiary/aromatic N) is 1. The van der Waals surface area contributed by atoms with Crippen molar-refractivity contribution in [3.63, 3.8) is 0 Å². The van der Waals surface area contributed by atoms with E-state index in [1.807, 2.05) is 0 Å². The van der Waals surface area contributed by atoms with Gasteiger partial charge >= 0.3 is 0 Å². The lowest BCUT2D eigenvalue weighted by molar-refractivity contribution is 0.387. The summed E-state index contributed by atoms with van der Waals surface area (Å²) in [5.74, 6) is 1.01. The average molecular weight is 253 g/mol. The van der Waals surface area contributed by atoms with E-state index in [0.29, 0.717) is 0 Å². The fourth-order valence-corrected chi connectivity index (χ4v) is 2.07. The maximum Gasteiger partial charge on any atom is 0.000709 e. The third-order valence-electron chi connectivity index (χ3n) is 2.23. The highest BCUT2D eigenvalue weighted by atomic mass is 127. The molecule has 10 heavy (non-hydrogen) atoms. The van der Waals surface area contributed by atoms with Crippen LogP contribution in [0.3, 0.4) is 0 Å². The van der Waals surface area contributed by atoms with Gasteiger partial charge in [-0.15, -0.1) is 0 Å². The Hall–Kier alpha value is 0.690. The number of alkyl halides is 1. The predicted molar refractivity (Wildman–Crippen MR) is 53.7 cm³/mol. The molecule has 0 aromatic heterocycles. The Morgan fingerprint density at radius 3 is 2.90 bits per heavy atom. The van der Waals surface area contributed by atoms with Crippen molar-refractivity contribution in [2.24, 2.45) is 5.92 Å². The Morgan fingerprint density at radius 1 is 1.60 bits per heavy atom. The second-order valence-electron chi connectivity index (χ2n) is 3.25. The highest BCUT2D eigenvalue weighted by molar-refractivity contribution is 14.1. The molecule has 60 valence electrons. The van der Waals surface area contributed by atoms with Crippen LogP contribution in [0.25, 0.3) is 0 Å². The van der Waals surface area contributed by atoms with Crippen LogP contribution in [0.5, 0.6) is 0 Å². The van der Waals surface area contributed by atoms with Gasteiger partial charge in [-0.2, -0.15) is 0 Å². The summed E-state index contributed by atoms with van der Waals surface area (Å²) in [5.41, 5.74) is 0. The van der Waals surface area contributed by atoms with Crippen LogP contribution in [-0.4, -0.2) is 29.5 Å². The number of hydrogen-bond acceptors (Lipinski definition) is 1. The van der Waals surface area contributed by atoms with Gasteiger partial charge in [-0.3, -0.25) is 0 Å². The van der Waals surface area contributed by atoms with Gasteiger partial charge in [0.2, 0.25) is 0 Å². The van der Waals surface area contributed by atoms with Crippen molar-refractivity contribution in [2.75, 3.05) is 24.6 Å². The second kappa shape index (κ2) is 4.54. The third-order valence-corrected chi connectivity index (χ3v) is 3.00. The summed E-state index contributed by atoms with van der Waals surface area (Å²) in [5, 5.41) is 0. The summed E-state index contributed by atoms with van der Waals surface area (Å²) < 4.78 is 1.33. The van der Waals surface area contributed by atoms with Crippen molar-refractivity contribution in [2.45, 2.75) is 19.3 Å². The molecule has 1 saturated heterocycles. The Balaban J connectivity index is 2.06. The van der Waals surface area contributed by atoms with E-state index >= 15 is 0 Å². The smallest absolute Gasteiger partial charge is 0.000709 e. The highest BCUT2D eigenvalue weighted by Gasteiger charge is 2.17. The van der Waals surface area contributed by atoms with E-state index in [4.69, 9.17) is 0 Å². The molecule has 0 aromatic rings. The first-order valence-electron chi connectivity index (χ1n) is 4.07. The fraction of sp³-hybridized carbons (Fsp3) is 1.00. The molecule has 0 N–H and O–H groups in total. The summed E-state index contributed by atoms with van der Waals surface area (Å²) in [6, 6.07) is 0. The molecule has 1 aliphatic rings. The lowest BCUT2D eigenvalue weighted by Gasteiger charge is -2.08. The van der Waals surface area contributed by atoms with Crippen LogP contribution >= 0.6 is 22.6 Å². The Labute approximate surface area is 77.3 Å². The zero-order chi connectivity index (χ0) is 7.40. The van der Waals surface area contributed by atoms with Crippen molar-refractivity contribution >= 4 is 22.6 Å². The summed E-state index contributed by atoms with van der Waals surface area (Å²) in [4.78, 5) is 2.44. The van der Waals surface area contributed by atoms with E-state index in [-0.39, 0.29) is 0 Å². The van der Waals surface area contributed by atoms with E-state index in [1.165, 1.54) is 36.8 Å². The summed E-state index contributed by atoms with van der Waals surface area (Å²) in [7, 11) is 2.23. The first-order valence-corrected chi connectivity index (χ1v) is 5.60. The van der Waals surface area contributed by atoms with Crippen molar-refractivity contribution < 1.29 is 0 Å². The van der Waals surface area contributed by atoms with Crippen LogP contribution in [-0.2, 0) is 0 Å². The molecule has 1 nitrogen and oxygen atoms in total. The zero-order valence-electron chi connectivity index (χ0n) is 6.65. The third kappa shape index (κ3) is 2.74. The molecule has 1 unspecified atom stereocenters. The summed E-state index contributed by atoms with van der Waals surface area (Å²) in [6.07, 6.45) is 4.31. The number of hydrogen-bond donors (Lipinski definition) is 0. The second-order valence-corrected chi connectivity index (χ2v) is 4.33. The first-order chi connectivity index (χ1) is 4.83. The molecule has 0 aromatic carbocycles. The van der Waals surface area contributed by atoms with Crippen LogP contribution in [0.4, 0.5) is 0 Å². The molecule has 1 heterocycles. The molecule has 0 saturated carbocycles. The summed E-state index contributed by atoms with van der Waals surface area (Å²) >= 11 is 2.47. The van der Waals surface area contributed by atoms with E-state index < -0.39 is 0 Å². The topological polar surface area (TPSA) is 3.24 Å². The van der Waals surface area contributed by atoms with E-state index in [1.54, 1.807) is 0 Å². The minimum absolute atomic E-state index is 1.01. The van der Waals surface area contributed by atoms with E-state index in [0.717, 1.165) is 5.92 Å². The van der Waals surface area contributed by atoms with Gasteiger partial charge in [0.15, 0.2) is 0 Å². The molecule has 1 atom stereocenters. The van der Waals surface area contributed by atoms with E-state index in [2.05, 4.69) is 34.5 Å². The van der Waals surface area contributed by atoms with Gasteiger partial charge < -0.3 is 4.90 Å². The van der Waals surface area contributed by atoms with Crippen LogP contribution in [0.1, 0.15) is 19.3 Å². The number of likely N-dealkylation sites (tertiary alicyclic amines) is 1. The van der Waals surface area contributed by atoms with Crippen LogP contribution in [0, 0.1) is 5.92 Å². The normalized spacial score (nSPS) is 27.6. The van der Waals surface area contributed by atoms with Gasteiger partial charge in [0, 0.05) is 6.54 Å². The molecule has 1 aliphatic heterocycles. The molecule has 1 fully saturated rings. The van der Waals surface area contributed by atoms with Crippen LogP contribution in [0.15, 0.2) is 0 Å². The Bertz CT molecular complexity index is 95.3. The maximum atomic E-state index is 2.47. The Kier molecular flexibility index (Phi) is 3.99. The maximum absolute atomic E-state index is 2.47. The monoisotopic (exact) mass is 253 g/mol. The minimum atomic E-state index is 1.01. The van der Waals surface area contributed by atoms with Gasteiger partial charge in [0.25, 0.3) is 0 Å². The molecule has 2 heteroatoms. The van der Waals surface area contributed by atoms with Gasteiger partial charge in [-0.1, -0.05) is 22.6 Å². The fourth-order valence-electron chi connectivity index (χ4n) is 1.63. The van der Waals surface area contributed by atoms with Gasteiger partial charge in [0.1, 0.15) is 0 Å². The van der Waals surface area contributed by atoms with Crippen molar-refractivity contribution in [1.29, 1.82) is 0 Å². The van der Waals surface area contributed by atoms with Gasteiger partial charge in [-0.05, 0) is 43.2 Å². The lowest BCUT2D eigenvalue weighted by atomic mass is 10.0. The summed E-state index contributed by atoms with van der Waals surface area (Å²) in [6.45, 7) is 2.67. The van der Waals surface area contributed by atoms with Crippen molar-refractivity contribution in [1.82, 2.24) is 4.90 Å². The zero-order valence-corrected chi connectivity index (χ0v) is 8.80. The van der Waals surface area contributed by atoms with Gasteiger partial charge in [-0.25, -0.2) is 0 Å². The highest BCUT2D eigenvalue weighted by Crippen LogP contribution is 2.19. The molecular weight excluding hydrogens is 237 g/mol. The largest absolute Gasteiger partial charge is 0.306 e. The first kappa shape index (κ1) is 8.78. The minimum Gasteiger partial charge on any atom is -0.306 e. The molecular formula is C8H16IN. The molecule has 0 spiro atoms. The number of halogens is 1. The predicted octanol–water partition coefficient (Wildman–Crippen LogP) is 2.15. The molecule has 0 radical (unpaired) electrons. The van der Waals surface area contributed by atoms with E-state index in [9.17, 15) is 0 Å². The van der Waals surface area contributed by atoms with Crippen LogP contribution in [0.2, 0.25) is 0 Å². The average Bonchev–Trinajstić information content (AvgIpc) is 2.31. The van der Waals surface area contributed by atoms with Crippen molar-refractivity contribution in [3.8, 4) is 0 Å². The van der Waals surface area contributed by atoms with Crippen molar-refractivity contribution in [3.05, 3.63) is 0 Å².